The van der Waals surface area contributed by atoms with Crippen molar-refractivity contribution < 1.29 is 18.6 Å². The first kappa shape index (κ1) is 16.9. The Morgan fingerprint density at radius 2 is 1.11 bits per heavy atom. The fourth-order valence-corrected chi connectivity index (χ4v) is 5.59. The Balaban J connectivity index is 3.02. The van der Waals surface area contributed by atoms with Crippen LogP contribution in [0.4, 0.5) is 0 Å². The molecule has 1 rings (SSSR count). The molecular weight excluding hydrogens is 264 g/mol. The summed E-state index contributed by atoms with van der Waals surface area (Å²) in [6, 6.07) is 0. The second kappa shape index (κ2) is 5.01. The number of aliphatic hydroxyl groups is 2. The van der Waals surface area contributed by atoms with Gasteiger partial charge >= 0.3 is 0 Å². The highest BCUT2D eigenvalue weighted by atomic mass is 32.2. The van der Waals surface area contributed by atoms with Crippen molar-refractivity contribution in [2.45, 2.75) is 77.1 Å². The molecule has 1 aliphatic heterocycles. The number of hydrogen-bond donors (Lipinski definition) is 2. The van der Waals surface area contributed by atoms with E-state index in [1.54, 1.807) is 0 Å². The van der Waals surface area contributed by atoms with Gasteiger partial charge in [-0.25, -0.2) is 8.42 Å². The second-order valence-electron chi connectivity index (χ2n) is 7.87. The molecule has 4 atom stereocenters. The Labute approximate surface area is 117 Å². The largest absolute Gasteiger partial charge is 0.391 e. The summed E-state index contributed by atoms with van der Waals surface area (Å²) >= 11 is 0. The third kappa shape index (κ3) is 3.31. The van der Waals surface area contributed by atoms with Crippen molar-refractivity contribution in [2.75, 3.05) is 0 Å². The van der Waals surface area contributed by atoms with Crippen molar-refractivity contribution in [3.8, 4) is 0 Å². The van der Waals surface area contributed by atoms with Crippen LogP contribution in [0.15, 0.2) is 0 Å². The van der Waals surface area contributed by atoms with Gasteiger partial charge in [0, 0.05) is 0 Å². The normalized spacial score (nSPS) is 31.2. The molecule has 0 saturated carbocycles. The maximum atomic E-state index is 12.5. The number of sulfone groups is 1. The second-order valence-corrected chi connectivity index (χ2v) is 10.3. The highest BCUT2D eigenvalue weighted by Crippen LogP contribution is 2.40. The number of rotatable bonds is 2. The molecule has 19 heavy (non-hydrogen) atoms. The zero-order chi connectivity index (χ0) is 15.2. The predicted molar refractivity (Wildman–Crippen MR) is 76.7 cm³/mol. The molecule has 0 bridgehead atoms. The molecule has 5 heteroatoms. The van der Waals surface area contributed by atoms with Crippen LogP contribution in [0, 0.1) is 10.8 Å². The molecule has 0 amide bonds. The van der Waals surface area contributed by atoms with E-state index < -0.39 is 43.4 Å². The van der Waals surface area contributed by atoms with Crippen molar-refractivity contribution in [2.24, 2.45) is 10.8 Å². The van der Waals surface area contributed by atoms with Crippen molar-refractivity contribution >= 4 is 9.84 Å². The average molecular weight is 292 g/mol. The standard InChI is InChI=1S/C14H28O4S/c1-13(2,3)11(15)9-7-8-10(19(9,17)18)12(16)14(4,5)6/h9-12,15-16H,7-8H2,1-6H3. The topological polar surface area (TPSA) is 74.6 Å². The Morgan fingerprint density at radius 3 is 1.32 bits per heavy atom. The van der Waals surface area contributed by atoms with Crippen LogP contribution in [0.1, 0.15) is 54.4 Å². The van der Waals surface area contributed by atoms with Crippen LogP contribution >= 0.6 is 0 Å². The first-order chi connectivity index (χ1) is 8.29. The van der Waals surface area contributed by atoms with Crippen LogP contribution in [0.5, 0.6) is 0 Å². The van der Waals surface area contributed by atoms with Crippen molar-refractivity contribution in [1.29, 1.82) is 0 Å². The summed E-state index contributed by atoms with van der Waals surface area (Å²) in [5.41, 5.74) is -0.946. The summed E-state index contributed by atoms with van der Waals surface area (Å²) in [6.45, 7) is 11.0. The van der Waals surface area contributed by atoms with Gasteiger partial charge in [0.1, 0.15) is 0 Å². The molecule has 0 aromatic rings. The molecule has 0 spiro atoms. The molecule has 2 N–H and O–H groups in total. The lowest BCUT2D eigenvalue weighted by atomic mass is 9.84. The van der Waals surface area contributed by atoms with Gasteiger partial charge in [-0.3, -0.25) is 0 Å². The molecule has 114 valence electrons. The minimum absolute atomic E-state index is 0.429. The van der Waals surface area contributed by atoms with Gasteiger partial charge in [0.15, 0.2) is 9.84 Å². The summed E-state index contributed by atoms with van der Waals surface area (Å²) in [4.78, 5) is 0. The van der Waals surface area contributed by atoms with Gasteiger partial charge in [-0.1, -0.05) is 41.5 Å². The Hall–Kier alpha value is -0.130. The number of hydrogen-bond acceptors (Lipinski definition) is 4. The van der Waals surface area contributed by atoms with Gasteiger partial charge < -0.3 is 10.2 Å². The number of aliphatic hydroxyl groups excluding tert-OH is 2. The molecular formula is C14H28O4S. The average Bonchev–Trinajstić information content (AvgIpc) is 2.48. The maximum Gasteiger partial charge on any atom is 0.161 e. The van der Waals surface area contributed by atoms with Gasteiger partial charge in [-0.15, -0.1) is 0 Å². The fraction of sp³-hybridized carbons (Fsp3) is 1.00. The smallest absolute Gasteiger partial charge is 0.161 e. The van der Waals surface area contributed by atoms with E-state index in [1.165, 1.54) is 0 Å². The van der Waals surface area contributed by atoms with Crippen LogP contribution < -0.4 is 0 Å². The first-order valence-electron chi connectivity index (χ1n) is 6.88. The SMILES string of the molecule is CC(C)(C)C(O)C1CCC(C(O)C(C)(C)C)S1(=O)=O. The monoisotopic (exact) mass is 292 g/mol. The van der Waals surface area contributed by atoms with Gasteiger partial charge in [-0.2, -0.15) is 0 Å². The van der Waals surface area contributed by atoms with Crippen LogP contribution in [-0.4, -0.2) is 41.3 Å². The van der Waals surface area contributed by atoms with Crippen LogP contribution in [0.25, 0.3) is 0 Å². The summed E-state index contributed by atoms with van der Waals surface area (Å²) < 4.78 is 25.1. The zero-order valence-corrected chi connectivity index (χ0v) is 13.7. The van der Waals surface area contributed by atoms with E-state index in [9.17, 15) is 18.6 Å². The molecule has 1 heterocycles. The van der Waals surface area contributed by atoms with Gasteiger partial charge in [-0.05, 0) is 23.7 Å². The van der Waals surface area contributed by atoms with E-state index in [1.807, 2.05) is 41.5 Å². The highest BCUT2D eigenvalue weighted by molar-refractivity contribution is 7.93. The van der Waals surface area contributed by atoms with E-state index in [-0.39, 0.29) is 0 Å². The minimum Gasteiger partial charge on any atom is -0.391 e. The van der Waals surface area contributed by atoms with E-state index in [0.717, 1.165) is 0 Å². The summed E-state index contributed by atoms with van der Waals surface area (Å²) in [5.74, 6) is 0. The van der Waals surface area contributed by atoms with Crippen LogP contribution in [0.3, 0.4) is 0 Å². The summed E-state index contributed by atoms with van der Waals surface area (Å²) in [7, 11) is -3.49. The lowest BCUT2D eigenvalue weighted by molar-refractivity contribution is 0.0568. The highest BCUT2D eigenvalue weighted by Gasteiger charge is 2.51. The Kier molecular flexibility index (Phi) is 4.46. The molecule has 0 aliphatic carbocycles. The lowest BCUT2D eigenvalue weighted by Crippen LogP contribution is -2.46. The van der Waals surface area contributed by atoms with Crippen molar-refractivity contribution in [1.82, 2.24) is 0 Å². The van der Waals surface area contributed by atoms with Crippen LogP contribution in [-0.2, 0) is 9.84 Å². The lowest BCUT2D eigenvalue weighted by Gasteiger charge is -2.33. The van der Waals surface area contributed by atoms with Crippen molar-refractivity contribution in [3.63, 3.8) is 0 Å². The minimum atomic E-state index is -3.49. The maximum absolute atomic E-state index is 12.5. The molecule has 0 aromatic carbocycles. The first-order valence-corrected chi connectivity index (χ1v) is 8.49. The fourth-order valence-electron chi connectivity index (χ4n) is 2.67. The van der Waals surface area contributed by atoms with Gasteiger partial charge in [0.25, 0.3) is 0 Å². The predicted octanol–water partition coefficient (Wildman–Crippen LogP) is 1.75. The molecule has 1 aliphatic rings. The quantitative estimate of drug-likeness (QED) is 0.813. The summed E-state index contributed by atoms with van der Waals surface area (Å²) in [5, 5.41) is 19.0. The molecule has 0 radical (unpaired) electrons. The third-order valence-electron chi connectivity index (χ3n) is 4.06. The molecule has 4 unspecified atom stereocenters. The molecule has 4 nitrogen and oxygen atoms in total. The van der Waals surface area contributed by atoms with Gasteiger partial charge in [0.05, 0.1) is 22.7 Å². The van der Waals surface area contributed by atoms with E-state index in [0.29, 0.717) is 12.8 Å². The Bertz CT molecular complexity index is 380. The molecule has 0 aromatic heterocycles. The summed E-state index contributed by atoms with van der Waals surface area (Å²) in [6.07, 6.45) is -0.929. The van der Waals surface area contributed by atoms with E-state index >= 15 is 0 Å². The third-order valence-corrected chi connectivity index (χ3v) is 6.73. The Morgan fingerprint density at radius 1 is 0.842 bits per heavy atom. The van der Waals surface area contributed by atoms with Gasteiger partial charge in [0.2, 0.25) is 0 Å². The zero-order valence-electron chi connectivity index (χ0n) is 12.8. The van der Waals surface area contributed by atoms with Crippen LogP contribution in [0.2, 0.25) is 0 Å². The van der Waals surface area contributed by atoms with Crippen molar-refractivity contribution in [3.05, 3.63) is 0 Å². The molecule has 1 saturated heterocycles. The van der Waals surface area contributed by atoms with E-state index in [4.69, 9.17) is 0 Å². The molecule has 1 fully saturated rings. The van der Waals surface area contributed by atoms with E-state index in [2.05, 4.69) is 0 Å².